The van der Waals surface area contributed by atoms with Crippen molar-refractivity contribution < 1.29 is 14.3 Å². The third-order valence-corrected chi connectivity index (χ3v) is 5.15. The molecule has 0 bridgehead atoms. The highest BCUT2D eigenvalue weighted by Crippen LogP contribution is 2.32. The van der Waals surface area contributed by atoms with Crippen LogP contribution in [0.4, 0.5) is 5.95 Å². The standard InChI is InChI=1S/C23H26N6O3/c1-4-31-19-8-6-5-7-17(19)22(30)29-9-10-32-20(14-29)21-18(16-11-24-15-25-12-16)13-26-23(27-21)28(2)3/h5-8,11-13,15,20H,4,9-10,14H2,1-3H3/t20-/m1/s1. The average molecular weight is 435 g/mol. The molecular weight excluding hydrogens is 408 g/mol. The van der Waals surface area contributed by atoms with Crippen LogP contribution in [0.1, 0.15) is 29.1 Å². The summed E-state index contributed by atoms with van der Waals surface area (Å²) in [6.45, 7) is 3.65. The molecule has 3 heterocycles. The SMILES string of the molecule is CCOc1ccccc1C(=O)N1CCO[C@@H](c2nc(N(C)C)ncc2-c2cncnc2)C1. The molecule has 0 N–H and O–H groups in total. The van der Waals surface area contributed by atoms with E-state index in [0.29, 0.717) is 49.3 Å². The molecule has 1 aromatic carbocycles. The van der Waals surface area contributed by atoms with Crippen LogP contribution >= 0.6 is 0 Å². The molecule has 1 aliphatic heterocycles. The molecule has 1 atom stereocenters. The van der Waals surface area contributed by atoms with E-state index in [1.54, 1.807) is 29.6 Å². The highest BCUT2D eigenvalue weighted by molar-refractivity contribution is 5.97. The zero-order chi connectivity index (χ0) is 22.5. The van der Waals surface area contributed by atoms with Gasteiger partial charge in [0, 0.05) is 50.4 Å². The number of aromatic nitrogens is 4. The van der Waals surface area contributed by atoms with Crippen LogP contribution in [0.2, 0.25) is 0 Å². The minimum atomic E-state index is -0.413. The van der Waals surface area contributed by atoms with Gasteiger partial charge in [-0.05, 0) is 19.1 Å². The van der Waals surface area contributed by atoms with Crippen molar-refractivity contribution in [3.8, 4) is 16.9 Å². The number of carbonyl (C=O) groups is 1. The second kappa shape index (κ2) is 9.69. The number of ether oxygens (including phenoxy) is 2. The molecule has 2 aromatic heterocycles. The smallest absolute Gasteiger partial charge is 0.257 e. The highest BCUT2D eigenvalue weighted by atomic mass is 16.5. The van der Waals surface area contributed by atoms with Crippen LogP contribution in [0.25, 0.3) is 11.1 Å². The summed E-state index contributed by atoms with van der Waals surface area (Å²) >= 11 is 0. The molecule has 3 aromatic rings. The number of rotatable bonds is 6. The molecule has 1 saturated heterocycles. The summed E-state index contributed by atoms with van der Waals surface area (Å²) in [5, 5.41) is 0. The first-order valence-corrected chi connectivity index (χ1v) is 10.5. The number of hydrogen-bond donors (Lipinski definition) is 0. The van der Waals surface area contributed by atoms with E-state index in [2.05, 4.69) is 15.0 Å². The Bertz CT molecular complexity index is 1080. The number of anilines is 1. The summed E-state index contributed by atoms with van der Waals surface area (Å²) in [5.41, 5.74) is 2.82. The van der Waals surface area contributed by atoms with Gasteiger partial charge in [0.15, 0.2) is 0 Å². The molecule has 0 radical (unpaired) electrons. The molecule has 0 unspecified atom stereocenters. The van der Waals surface area contributed by atoms with E-state index >= 15 is 0 Å². The quantitative estimate of drug-likeness (QED) is 0.585. The van der Waals surface area contributed by atoms with Gasteiger partial charge in [0.25, 0.3) is 5.91 Å². The number of benzene rings is 1. The van der Waals surface area contributed by atoms with Gasteiger partial charge in [-0.3, -0.25) is 4.79 Å². The Morgan fingerprint density at radius 3 is 2.75 bits per heavy atom. The van der Waals surface area contributed by atoms with Gasteiger partial charge >= 0.3 is 0 Å². The fourth-order valence-electron chi connectivity index (χ4n) is 3.60. The van der Waals surface area contributed by atoms with Crippen molar-refractivity contribution >= 4 is 11.9 Å². The maximum atomic E-state index is 13.3. The van der Waals surface area contributed by atoms with Crippen LogP contribution in [-0.4, -0.2) is 71.1 Å². The number of amides is 1. The molecule has 0 spiro atoms. The van der Waals surface area contributed by atoms with Gasteiger partial charge in [-0.25, -0.2) is 19.9 Å². The topological polar surface area (TPSA) is 93.6 Å². The second-order valence-electron chi connectivity index (χ2n) is 7.53. The first kappa shape index (κ1) is 21.6. The van der Waals surface area contributed by atoms with Crippen molar-refractivity contribution in [2.24, 2.45) is 0 Å². The van der Waals surface area contributed by atoms with Gasteiger partial charge < -0.3 is 19.3 Å². The number of carbonyl (C=O) groups excluding carboxylic acids is 1. The molecular formula is C23H26N6O3. The molecule has 0 aliphatic carbocycles. The van der Waals surface area contributed by atoms with E-state index in [0.717, 1.165) is 11.1 Å². The Kier molecular flexibility index (Phi) is 6.55. The summed E-state index contributed by atoms with van der Waals surface area (Å²) in [5.74, 6) is 1.06. The lowest BCUT2D eigenvalue weighted by molar-refractivity contribution is -0.0245. The van der Waals surface area contributed by atoms with Crippen LogP contribution in [0, 0.1) is 0 Å². The molecule has 1 amide bonds. The predicted molar refractivity (Wildman–Crippen MR) is 120 cm³/mol. The zero-order valence-corrected chi connectivity index (χ0v) is 18.4. The van der Waals surface area contributed by atoms with E-state index < -0.39 is 6.10 Å². The van der Waals surface area contributed by atoms with E-state index in [9.17, 15) is 4.79 Å². The van der Waals surface area contributed by atoms with Gasteiger partial charge in [-0.1, -0.05) is 12.1 Å². The summed E-state index contributed by atoms with van der Waals surface area (Å²) < 4.78 is 11.7. The second-order valence-corrected chi connectivity index (χ2v) is 7.53. The number of hydrogen-bond acceptors (Lipinski definition) is 8. The highest BCUT2D eigenvalue weighted by Gasteiger charge is 2.30. The van der Waals surface area contributed by atoms with E-state index in [1.807, 2.05) is 44.1 Å². The van der Waals surface area contributed by atoms with Crippen LogP contribution in [0.15, 0.2) is 49.2 Å². The maximum absolute atomic E-state index is 13.3. The van der Waals surface area contributed by atoms with Crippen LogP contribution < -0.4 is 9.64 Å². The molecule has 9 nitrogen and oxygen atoms in total. The fraction of sp³-hybridized carbons (Fsp3) is 0.348. The Balaban J connectivity index is 1.66. The van der Waals surface area contributed by atoms with Gasteiger partial charge in [0.05, 0.1) is 31.0 Å². The van der Waals surface area contributed by atoms with Gasteiger partial charge in [0.1, 0.15) is 18.2 Å². The van der Waals surface area contributed by atoms with Gasteiger partial charge in [-0.2, -0.15) is 0 Å². The Hall–Kier alpha value is -3.59. The number of nitrogens with zero attached hydrogens (tertiary/aromatic N) is 6. The van der Waals surface area contributed by atoms with Crippen molar-refractivity contribution in [3.63, 3.8) is 0 Å². The van der Waals surface area contributed by atoms with Crippen molar-refractivity contribution in [2.75, 3.05) is 45.3 Å². The van der Waals surface area contributed by atoms with E-state index in [1.165, 1.54) is 6.33 Å². The monoisotopic (exact) mass is 434 g/mol. The largest absolute Gasteiger partial charge is 0.493 e. The molecule has 9 heteroatoms. The van der Waals surface area contributed by atoms with E-state index in [4.69, 9.17) is 14.5 Å². The molecule has 1 fully saturated rings. The fourth-order valence-corrected chi connectivity index (χ4v) is 3.60. The number of para-hydroxylation sites is 1. The minimum Gasteiger partial charge on any atom is -0.493 e. The first-order chi connectivity index (χ1) is 15.6. The molecule has 32 heavy (non-hydrogen) atoms. The van der Waals surface area contributed by atoms with Crippen LogP contribution in [-0.2, 0) is 4.74 Å². The molecule has 1 aliphatic rings. The predicted octanol–water partition coefficient (Wildman–Crippen LogP) is 2.61. The lowest BCUT2D eigenvalue weighted by Gasteiger charge is -2.34. The third kappa shape index (κ3) is 4.52. The summed E-state index contributed by atoms with van der Waals surface area (Å²) in [6.07, 6.45) is 6.25. The van der Waals surface area contributed by atoms with Gasteiger partial charge in [-0.15, -0.1) is 0 Å². The summed E-state index contributed by atoms with van der Waals surface area (Å²) in [7, 11) is 3.76. The summed E-state index contributed by atoms with van der Waals surface area (Å²) in [4.78, 5) is 34.4. The lowest BCUT2D eigenvalue weighted by Crippen LogP contribution is -2.42. The van der Waals surface area contributed by atoms with E-state index in [-0.39, 0.29) is 5.91 Å². The lowest BCUT2D eigenvalue weighted by atomic mass is 10.0. The maximum Gasteiger partial charge on any atom is 0.257 e. The van der Waals surface area contributed by atoms with Gasteiger partial charge in [0.2, 0.25) is 5.95 Å². The normalized spacial score (nSPS) is 16.0. The molecule has 0 saturated carbocycles. The van der Waals surface area contributed by atoms with Crippen molar-refractivity contribution in [1.82, 2.24) is 24.8 Å². The molecule has 166 valence electrons. The molecule has 4 rings (SSSR count). The Labute approximate surface area is 187 Å². The van der Waals surface area contributed by atoms with Crippen molar-refractivity contribution in [2.45, 2.75) is 13.0 Å². The van der Waals surface area contributed by atoms with Crippen LogP contribution in [0.3, 0.4) is 0 Å². The average Bonchev–Trinajstić information content (AvgIpc) is 2.84. The number of morpholine rings is 1. The Morgan fingerprint density at radius 2 is 2.00 bits per heavy atom. The van der Waals surface area contributed by atoms with Crippen LogP contribution in [0.5, 0.6) is 5.75 Å². The van der Waals surface area contributed by atoms with Crippen molar-refractivity contribution in [1.29, 1.82) is 0 Å². The summed E-state index contributed by atoms with van der Waals surface area (Å²) in [6, 6.07) is 7.31. The van der Waals surface area contributed by atoms with Crippen molar-refractivity contribution in [3.05, 3.63) is 60.4 Å². The zero-order valence-electron chi connectivity index (χ0n) is 18.4. The first-order valence-electron chi connectivity index (χ1n) is 10.5. The Morgan fingerprint density at radius 1 is 1.22 bits per heavy atom. The third-order valence-electron chi connectivity index (χ3n) is 5.15. The minimum absolute atomic E-state index is 0.0890.